The number of ether oxygens (including phenoxy) is 1. The molecule has 0 aliphatic rings. The third kappa shape index (κ3) is 6.13. The number of aryl methyl sites for hydroxylation is 4. The Morgan fingerprint density at radius 2 is 1.62 bits per heavy atom. The van der Waals surface area contributed by atoms with E-state index >= 15 is 0 Å². The molecule has 0 heterocycles. The van der Waals surface area contributed by atoms with Crippen LogP contribution in [0.25, 0.3) is 0 Å². The molecule has 7 nitrogen and oxygen atoms in total. The summed E-state index contributed by atoms with van der Waals surface area (Å²) in [7, 11) is -3.86. The number of anilines is 1. The number of amides is 1. The van der Waals surface area contributed by atoms with E-state index in [1.165, 1.54) is 19.1 Å². The minimum atomic E-state index is -3.86. The molecule has 2 aromatic rings. The third-order valence-corrected chi connectivity index (χ3v) is 5.92. The topological polar surface area (TPSA) is 102 Å². The van der Waals surface area contributed by atoms with E-state index in [9.17, 15) is 18.0 Å². The molecule has 0 radical (unpaired) electrons. The van der Waals surface area contributed by atoms with Gasteiger partial charge in [0.05, 0.1) is 4.90 Å². The number of carbonyl (C=O) groups excluding carboxylic acids is 2. The van der Waals surface area contributed by atoms with Crippen molar-refractivity contribution < 1.29 is 22.7 Å². The summed E-state index contributed by atoms with van der Waals surface area (Å²) >= 11 is 0. The summed E-state index contributed by atoms with van der Waals surface area (Å²) < 4.78 is 31.9. The molecule has 8 heteroatoms. The summed E-state index contributed by atoms with van der Waals surface area (Å²) in [6, 6.07) is 10.3. The number of hydrogen-bond acceptors (Lipinski definition) is 5. The highest BCUT2D eigenvalue weighted by atomic mass is 32.2. The van der Waals surface area contributed by atoms with Crippen molar-refractivity contribution in [2.75, 3.05) is 11.9 Å². The molecule has 0 aliphatic heterocycles. The van der Waals surface area contributed by atoms with Crippen LogP contribution in [0.1, 0.15) is 29.2 Å². The maximum atomic E-state index is 12.3. The second kappa shape index (κ2) is 9.19. The zero-order chi connectivity index (χ0) is 21.8. The van der Waals surface area contributed by atoms with Crippen LogP contribution in [0.15, 0.2) is 41.3 Å². The quantitative estimate of drug-likeness (QED) is 0.673. The van der Waals surface area contributed by atoms with Crippen LogP contribution in [-0.4, -0.2) is 32.9 Å². The van der Waals surface area contributed by atoms with E-state index in [2.05, 4.69) is 10.0 Å². The van der Waals surface area contributed by atoms with Gasteiger partial charge in [0.15, 0.2) is 6.10 Å². The van der Waals surface area contributed by atoms with Gasteiger partial charge in [0, 0.05) is 5.69 Å². The van der Waals surface area contributed by atoms with E-state index in [1.54, 1.807) is 13.0 Å². The summed E-state index contributed by atoms with van der Waals surface area (Å²) in [4.78, 5) is 24.3. The average Bonchev–Trinajstić information content (AvgIpc) is 2.65. The van der Waals surface area contributed by atoms with E-state index in [0.29, 0.717) is 5.69 Å². The van der Waals surface area contributed by atoms with Crippen molar-refractivity contribution in [3.63, 3.8) is 0 Å². The van der Waals surface area contributed by atoms with E-state index in [0.717, 1.165) is 22.3 Å². The fraction of sp³-hybridized carbons (Fsp3) is 0.333. The Bertz CT molecular complexity index is 1030. The molecule has 0 spiro atoms. The van der Waals surface area contributed by atoms with Crippen molar-refractivity contribution in [3.8, 4) is 0 Å². The lowest BCUT2D eigenvalue weighted by Crippen LogP contribution is -2.36. The van der Waals surface area contributed by atoms with Crippen LogP contribution in [-0.2, 0) is 24.3 Å². The maximum absolute atomic E-state index is 12.3. The summed E-state index contributed by atoms with van der Waals surface area (Å²) in [5.41, 5.74) is 4.28. The number of carbonyl (C=O) groups is 2. The number of sulfonamides is 1. The molecule has 1 unspecified atom stereocenters. The minimum Gasteiger partial charge on any atom is -0.452 e. The normalized spacial score (nSPS) is 12.3. The van der Waals surface area contributed by atoms with Crippen molar-refractivity contribution in [1.29, 1.82) is 0 Å². The van der Waals surface area contributed by atoms with Crippen LogP contribution < -0.4 is 10.0 Å². The number of rotatable bonds is 7. The SMILES string of the molecule is Cc1ccc(C)c(NC(=O)C(C)OC(=O)CNS(=O)(=O)c2ccc(C)c(C)c2)c1. The van der Waals surface area contributed by atoms with Gasteiger partial charge in [-0.2, -0.15) is 4.72 Å². The highest BCUT2D eigenvalue weighted by Gasteiger charge is 2.21. The van der Waals surface area contributed by atoms with Gasteiger partial charge in [0.25, 0.3) is 5.91 Å². The predicted molar refractivity (Wildman–Crippen MR) is 111 cm³/mol. The van der Waals surface area contributed by atoms with Crippen LogP contribution >= 0.6 is 0 Å². The Labute approximate surface area is 171 Å². The van der Waals surface area contributed by atoms with Gasteiger partial charge in [-0.1, -0.05) is 18.2 Å². The van der Waals surface area contributed by atoms with Crippen LogP contribution in [0, 0.1) is 27.7 Å². The monoisotopic (exact) mass is 418 g/mol. The number of benzene rings is 2. The van der Waals surface area contributed by atoms with Gasteiger partial charge < -0.3 is 10.1 Å². The third-order valence-electron chi connectivity index (χ3n) is 4.52. The van der Waals surface area contributed by atoms with Gasteiger partial charge in [-0.3, -0.25) is 9.59 Å². The van der Waals surface area contributed by atoms with Crippen molar-refractivity contribution in [2.45, 2.75) is 45.6 Å². The van der Waals surface area contributed by atoms with Crippen LogP contribution in [0.3, 0.4) is 0 Å². The predicted octanol–water partition coefficient (Wildman–Crippen LogP) is 2.77. The Kier molecular flexibility index (Phi) is 7.16. The van der Waals surface area contributed by atoms with E-state index in [4.69, 9.17) is 4.74 Å². The first kappa shape index (κ1) is 22.6. The molecule has 0 aromatic heterocycles. The molecule has 0 aliphatic carbocycles. The molecule has 0 fully saturated rings. The van der Waals surface area contributed by atoms with Gasteiger partial charge in [0.2, 0.25) is 10.0 Å². The molecule has 29 heavy (non-hydrogen) atoms. The number of esters is 1. The van der Waals surface area contributed by atoms with Crippen molar-refractivity contribution in [3.05, 3.63) is 58.7 Å². The standard InChI is InChI=1S/C21H26N2O5S/c1-13-6-7-15(3)19(10-13)23-21(25)17(5)28-20(24)12-22-29(26,27)18-9-8-14(2)16(4)11-18/h6-11,17,22H,12H2,1-5H3,(H,23,25). The van der Waals surface area contributed by atoms with Gasteiger partial charge in [-0.25, -0.2) is 8.42 Å². The zero-order valence-corrected chi connectivity index (χ0v) is 18.0. The van der Waals surface area contributed by atoms with E-state index in [-0.39, 0.29) is 4.90 Å². The van der Waals surface area contributed by atoms with Gasteiger partial charge in [-0.15, -0.1) is 0 Å². The second-order valence-electron chi connectivity index (χ2n) is 7.01. The first-order valence-corrected chi connectivity index (χ1v) is 10.6. The molecule has 2 rings (SSSR count). The highest BCUT2D eigenvalue weighted by Crippen LogP contribution is 2.17. The van der Waals surface area contributed by atoms with Crippen molar-refractivity contribution in [2.24, 2.45) is 0 Å². The van der Waals surface area contributed by atoms with Crippen LogP contribution in [0.5, 0.6) is 0 Å². The molecule has 1 atom stereocenters. The highest BCUT2D eigenvalue weighted by molar-refractivity contribution is 7.89. The minimum absolute atomic E-state index is 0.0640. The van der Waals surface area contributed by atoms with E-state index < -0.39 is 34.5 Å². The molecule has 0 bridgehead atoms. The van der Waals surface area contributed by atoms with Crippen LogP contribution in [0.4, 0.5) is 5.69 Å². The molecule has 2 N–H and O–H groups in total. The van der Waals surface area contributed by atoms with Gasteiger partial charge in [-0.05, 0) is 75.1 Å². The first-order valence-electron chi connectivity index (χ1n) is 9.14. The number of nitrogens with one attached hydrogen (secondary N) is 2. The molecule has 156 valence electrons. The molecular weight excluding hydrogens is 392 g/mol. The summed E-state index contributed by atoms with van der Waals surface area (Å²) in [5, 5.41) is 2.71. The Balaban J connectivity index is 1.93. The average molecular weight is 419 g/mol. The zero-order valence-electron chi connectivity index (χ0n) is 17.2. The Morgan fingerprint density at radius 3 is 2.28 bits per heavy atom. The summed E-state index contributed by atoms with van der Waals surface area (Å²) in [5.74, 6) is -1.34. The molecule has 2 aromatic carbocycles. The largest absolute Gasteiger partial charge is 0.452 e. The fourth-order valence-electron chi connectivity index (χ4n) is 2.52. The Morgan fingerprint density at radius 1 is 0.966 bits per heavy atom. The molecular formula is C21H26N2O5S. The maximum Gasteiger partial charge on any atom is 0.321 e. The van der Waals surface area contributed by atoms with Gasteiger partial charge >= 0.3 is 5.97 Å². The first-order chi connectivity index (χ1) is 13.5. The molecule has 0 saturated carbocycles. The fourth-order valence-corrected chi connectivity index (χ4v) is 3.57. The van der Waals surface area contributed by atoms with Crippen molar-refractivity contribution in [1.82, 2.24) is 4.72 Å². The lowest BCUT2D eigenvalue weighted by Gasteiger charge is -2.15. The lowest BCUT2D eigenvalue weighted by atomic mass is 10.1. The Hall–Kier alpha value is -2.71. The van der Waals surface area contributed by atoms with Crippen molar-refractivity contribution >= 4 is 27.6 Å². The smallest absolute Gasteiger partial charge is 0.321 e. The van der Waals surface area contributed by atoms with Gasteiger partial charge in [0.1, 0.15) is 6.54 Å². The molecule has 0 saturated heterocycles. The molecule has 1 amide bonds. The summed E-state index contributed by atoms with van der Waals surface area (Å²) in [6.07, 6.45) is -1.08. The van der Waals surface area contributed by atoms with Crippen LogP contribution in [0.2, 0.25) is 0 Å². The lowest BCUT2D eigenvalue weighted by molar-refractivity contribution is -0.151. The van der Waals surface area contributed by atoms with E-state index in [1.807, 2.05) is 39.0 Å². The second-order valence-corrected chi connectivity index (χ2v) is 8.78. The number of hydrogen-bond donors (Lipinski definition) is 2. The summed E-state index contributed by atoms with van der Waals surface area (Å²) in [6.45, 7) is 8.29.